The lowest BCUT2D eigenvalue weighted by atomic mass is 10.1. The van der Waals surface area contributed by atoms with E-state index in [-0.39, 0.29) is 11.7 Å². The highest BCUT2D eigenvalue weighted by molar-refractivity contribution is 5.83. The van der Waals surface area contributed by atoms with Gasteiger partial charge in [0, 0.05) is 18.0 Å². The van der Waals surface area contributed by atoms with Crippen LogP contribution in [0, 0.1) is 6.92 Å². The number of hydrogen-bond donors (Lipinski definition) is 0. The van der Waals surface area contributed by atoms with E-state index >= 15 is 0 Å². The van der Waals surface area contributed by atoms with Crippen molar-refractivity contribution in [2.75, 3.05) is 0 Å². The van der Waals surface area contributed by atoms with Gasteiger partial charge in [-0.05, 0) is 38.5 Å². The number of hydrogen-bond acceptors (Lipinski definition) is 3. The van der Waals surface area contributed by atoms with E-state index in [0.29, 0.717) is 11.5 Å². The SMILES string of the molecule is CCCCC(C)=O.Cc1cn2c(ccc3c(C(F)(F)F)cc(C(F)(F)F)nc32)n1. The number of unbranched alkanes of at least 4 members (excludes halogenated alkanes) is 1. The number of aromatic nitrogens is 3. The van der Waals surface area contributed by atoms with Crippen molar-refractivity contribution in [1.82, 2.24) is 14.4 Å². The number of aryl methyl sites for hydroxylation is 1. The average molecular weight is 419 g/mol. The van der Waals surface area contributed by atoms with Crippen molar-refractivity contribution in [2.45, 2.75) is 52.4 Å². The Labute approximate surface area is 162 Å². The van der Waals surface area contributed by atoms with E-state index in [2.05, 4.69) is 16.9 Å². The van der Waals surface area contributed by atoms with Crippen molar-refractivity contribution >= 4 is 22.5 Å². The third-order valence-electron chi connectivity index (χ3n) is 4.00. The van der Waals surface area contributed by atoms with Crippen molar-refractivity contribution in [3.8, 4) is 0 Å². The zero-order valence-corrected chi connectivity index (χ0v) is 15.9. The van der Waals surface area contributed by atoms with Crippen molar-refractivity contribution in [1.29, 1.82) is 0 Å². The van der Waals surface area contributed by atoms with Gasteiger partial charge in [0.2, 0.25) is 0 Å². The van der Waals surface area contributed by atoms with Crippen molar-refractivity contribution in [3.05, 3.63) is 41.3 Å². The largest absolute Gasteiger partial charge is 0.433 e. The molecule has 3 aromatic rings. The minimum Gasteiger partial charge on any atom is -0.300 e. The molecule has 10 heteroatoms. The summed E-state index contributed by atoms with van der Waals surface area (Å²) in [7, 11) is 0. The van der Waals surface area contributed by atoms with E-state index in [4.69, 9.17) is 0 Å². The number of carbonyl (C=O) groups excluding carboxylic acids is 1. The fourth-order valence-corrected chi connectivity index (χ4v) is 2.66. The molecule has 0 N–H and O–H groups in total. The Morgan fingerprint density at radius 3 is 2.21 bits per heavy atom. The lowest BCUT2D eigenvalue weighted by molar-refractivity contribution is -0.144. The maximum atomic E-state index is 13.1. The molecule has 0 spiro atoms. The van der Waals surface area contributed by atoms with Crippen molar-refractivity contribution < 1.29 is 31.1 Å². The monoisotopic (exact) mass is 419 g/mol. The van der Waals surface area contributed by atoms with Crippen LogP contribution in [0.4, 0.5) is 26.3 Å². The third kappa shape index (κ3) is 5.45. The van der Waals surface area contributed by atoms with Gasteiger partial charge in [0.05, 0.1) is 11.3 Å². The second kappa shape index (κ2) is 8.38. The van der Waals surface area contributed by atoms with Crippen LogP contribution in [0.25, 0.3) is 16.7 Å². The van der Waals surface area contributed by atoms with Gasteiger partial charge in [-0.2, -0.15) is 26.3 Å². The summed E-state index contributed by atoms with van der Waals surface area (Å²) in [6.07, 6.45) is -5.63. The quantitative estimate of drug-likeness (QED) is 0.490. The molecule has 0 aliphatic carbocycles. The number of alkyl halides is 6. The molecule has 0 amide bonds. The Hall–Kier alpha value is -2.65. The number of carbonyl (C=O) groups is 1. The molecule has 4 nitrogen and oxygen atoms in total. The van der Waals surface area contributed by atoms with E-state index in [1.165, 1.54) is 12.3 Å². The zero-order chi connectivity index (χ0) is 22.0. The molecular formula is C19H19F6N3O. The Morgan fingerprint density at radius 1 is 1.07 bits per heavy atom. The smallest absolute Gasteiger partial charge is 0.300 e. The molecular weight excluding hydrogens is 400 g/mol. The lowest BCUT2D eigenvalue weighted by Crippen LogP contribution is -2.14. The standard InChI is InChI=1S/C13H7F6N3.C6H12O/c1-6-5-22-10(20-6)3-2-7-8(12(14,15)16)4-9(13(17,18)19)21-11(7)22;1-3-4-5-6(2)7/h2-5H,1H3;3-5H2,1-2H3. The molecule has 29 heavy (non-hydrogen) atoms. The predicted octanol–water partition coefficient (Wildman–Crippen LogP) is 5.99. The maximum Gasteiger partial charge on any atom is 0.433 e. The molecule has 0 bridgehead atoms. The zero-order valence-electron chi connectivity index (χ0n) is 15.9. The Balaban J connectivity index is 0.000000370. The van der Waals surface area contributed by atoms with Gasteiger partial charge in [0.25, 0.3) is 0 Å². The molecule has 0 atom stereocenters. The molecule has 0 aliphatic rings. The normalized spacial score (nSPS) is 12.2. The van der Waals surface area contributed by atoms with Crippen LogP contribution >= 0.6 is 0 Å². The number of nitrogens with zero attached hydrogens (tertiary/aromatic N) is 3. The first-order valence-corrected chi connectivity index (χ1v) is 8.78. The van der Waals surface area contributed by atoms with Crippen LogP contribution in [0.5, 0.6) is 0 Å². The van der Waals surface area contributed by atoms with Crippen LogP contribution in [0.3, 0.4) is 0 Å². The van der Waals surface area contributed by atoms with Gasteiger partial charge in [-0.1, -0.05) is 13.3 Å². The summed E-state index contributed by atoms with van der Waals surface area (Å²) >= 11 is 0. The summed E-state index contributed by atoms with van der Waals surface area (Å²) in [6, 6.07) is 2.41. The number of ketones is 1. The molecule has 0 saturated heterocycles. The van der Waals surface area contributed by atoms with Crippen molar-refractivity contribution in [3.63, 3.8) is 0 Å². The highest BCUT2D eigenvalue weighted by Gasteiger charge is 2.39. The fraction of sp³-hybridized carbons (Fsp3) is 0.421. The molecule has 0 unspecified atom stereocenters. The molecule has 0 fully saturated rings. The van der Waals surface area contributed by atoms with Gasteiger partial charge in [-0.3, -0.25) is 4.40 Å². The summed E-state index contributed by atoms with van der Waals surface area (Å²) in [5.41, 5.74) is -2.71. The van der Waals surface area contributed by atoms with Gasteiger partial charge in [0.1, 0.15) is 22.8 Å². The van der Waals surface area contributed by atoms with E-state index < -0.39 is 34.6 Å². The Bertz CT molecular complexity index is 1020. The minimum absolute atomic E-state index is 0.0257. The topological polar surface area (TPSA) is 47.3 Å². The highest BCUT2D eigenvalue weighted by Crippen LogP contribution is 2.38. The number of pyridine rings is 2. The predicted molar refractivity (Wildman–Crippen MR) is 95.4 cm³/mol. The van der Waals surface area contributed by atoms with Crippen LogP contribution in [-0.4, -0.2) is 20.2 Å². The fourth-order valence-electron chi connectivity index (χ4n) is 2.66. The summed E-state index contributed by atoms with van der Waals surface area (Å²) in [5, 5.41) is -0.412. The second-order valence-electron chi connectivity index (χ2n) is 6.54. The lowest BCUT2D eigenvalue weighted by Gasteiger charge is -2.14. The first-order chi connectivity index (χ1) is 13.3. The van der Waals surface area contributed by atoms with E-state index in [1.54, 1.807) is 13.8 Å². The average Bonchev–Trinajstić information content (AvgIpc) is 2.98. The summed E-state index contributed by atoms with van der Waals surface area (Å²) < 4.78 is 78.8. The third-order valence-corrected chi connectivity index (χ3v) is 4.00. The van der Waals surface area contributed by atoms with Gasteiger partial charge in [0.15, 0.2) is 0 Å². The van der Waals surface area contributed by atoms with Gasteiger partial charge in [-0.15, -0.1) is 0 Å². The highest BCUT2D eigenvalue weighted by atomic mass is 19.4. The van der Waals surface area contributed by atoms with Crippen LogP contribution in [-0.2, 0) is 17.1 Å². The molecule has 0 aliphatic heterocycles. The molecule has 3 aromatic heterocycles. The molecule has 0 aromatic carbocycles. The first kappa shape index (κ1) is 22.6. The second-order valence-corrected chi connectivity index (χ2v) is 6.54. The molecule has 3 rings (SSSR count). The number of fused-ring (bicyclic) bond motifs is 3. The van der Waals surface area contributed by atoms with Crippen LogP contribution in [0.1, 0.15) is 50.1 Å². The number of rotatable bonds is 3. The Morgan fingerprint density at radius 2 is 1.72 bits per heavy atom. The summed E-state index contributed by atoms with van der Waals surface area (Å²) in [4.78, 5) is 17.6. The summed E-state index contributed by atoms with van der Waals surface area (Å²) in [5.74, 6) is 0.307. The van der Waals surface area contributed by atoms with Crippen molar-refractivity contribution in [2.24, 2.45) is 0 Å². The molecule has 3 heterocycles. The number of Topliss-reactive ketones (excluding diaryl/α,β-unsaturated/α-hetero) is 1. The van der Waals surface area contributed by atoms with Gasteiger partial charge in [-0.25, -0.2) is 9.97 Å². The van der Waals surface area contributed by atoms with E-state index in [0.717, 1.165) is 29.7 Å². The van der Waals surface area contributed by atoms with E-state index in [9.17, 15) is 31.1 Å². The van der Waals surface area contributed by atoms with Gasteiger partial charge >= 0.3 is 12.4 Å². The molecule has 158 valence electrons. The maximum absolute atomic E-state index is 13.1. The molecule has 0 saturated carbocycles. The van der Waals surface area contributed by atoms with Crippen LogP contribution in [0.15, 0.2) is 24.4 Å². The van der Waals surface area contributed by atoms with E-state index in [1.807, 2.05) is 0 Å². The number of imidazole rings is 1. The van der Waals surface area contributed by atoms with Crippen LogP contribution in [0.2, 0.25) is 0 Å². The summed E-state index contributed by atoms with van der Waals surface area (Å²) in [6.45, 7) is 5.30. The number of halogens is 6. The minimum atomic E-state index is -4.98. The van der Waals surface area contributed by atoms with Crippen LogP contribution < -0.4 is 0 Å². The first-order valence-electron chi connectivity index (χ1n) is 8.78. The molecule has 0 radical (unpaired) electrons. The Kier molecular flexibility index (Phi) is 6.54. The van der Waals surface area contributed by atoms with Gasteiger partial charge < -0.3 is 4.79 Å².